The van der Waals surface area contributed by atoms with Crippen molar-refractivity contribution in [2.24, 2.45) is 5.92 Å². The van der Waals surface area contributed by atoms with Crippen LogP contribution in [0.25, 0.3) is 12.2 Å². The average molecular weight is 470 g/mol. The molecule has 174 valence electrons. The zero-order valence-electron chi connectivity index (χ0n) is 18.7. The Morgan fingerprint density at radius 3 is 2.73 bits per heavy atom. The van der Waals surface area contributed by atoms with E-state index in [4.69, 9.17) is 8.94 Å². The molecule has 8 nitrogen and oxygen atoms in total. The second kappa shape index (κ2) is 9.76. The van der Waals surface area contributed by atoms with Crippen LogP contribution in [-0.4, -0.2) is 36.9 Å². The molecule has 4 rings (SSSR count). The summed E-state index contributed by atoms with van der Waals surface area (Å²) < 4.78 is 38.9. The first-order chi connectivity index (χ1) is 15.8. The predicted molar refractivity (Wildman–Crippen MR) is 123 cm³/mol. The Hall–Kier alpha value is -3.17. The summed E-state index contributed by atoms with van der Waals surface area (Å²) in [7, 11) is -3.89. The third-order valence-corrected chi connectivity index (χ3v) is 7.73. The third-order valence-electron chi connectivity index (χ3n) is 5.71. The van der Waals surface area contributed by atoms with Crippen LogP contribution in [0.4, 0.5) is 0 Å². The summed E-state index contributed by atoms with van der Waals surface area (Å²) in [5.41, 5.74) is 2.35. The number of aromatic nitrogens is 1. The Morgan fingerprint density at radius 1 is 1.21 bits per heavy atom. The number of hydrogen-bond donors (Lipinski definition) is 1. The van der Waals surface area contributed by atoms with Gasteiger partial charge in [-0.1, -0.05) is 41.1 Å². The summed E-state index contributed by atoms with van der Waals surface area (Å²) >= 11 is 0. The van der Waals surface area contributed by atoms with Crippen molar-refractivity contribution in [3.8, 4) is 0 Å². The molecule has 1 aliphatic rings. The Labute approximate surface area is 193 Å². The van der Waals surface area contributed by atoms with Gasteiger partial charge in [-0.2, -0.15) is 4.31 Å². The number of nitrogens with one attached hydrogen (secondary N) is 1. The Balaban J connectivity index is 1.50. The molecule has 1 saturated heterocycles. The van der Waals surface area contributed by atoms with Crippen LogP contribution in [-0.2, 0) is 21.4 Å². The maximum atomic E-state index is 13.5. The molecule has 2 aromatic heterocycles. The van der Waals surface area contributed by atoms with E-state index in [9.17, 15) is 13.2 Å². The van der Waals surface area contributed by atoms with Crippen LogP contribution >= 0.6 is 0 Å². The molecule has 1 aliphatic heterocycles. The molecule has 1 fully saturated rings. The number of hydrogen-bond acceptors (Lipinski definition) is 6. The first kappa shape index (κ1) is 23.0. The van der Waals surface area contributed by atoms with Crippen molar-refractivity contribution in [3.05, 3.63) is 71.0 Å². The molecule has 1 atom stereocenters. The highest BCUT2D eigenvalue weighted by atomic mass is 32.2. The van der Waals surface area contributed by atoms with E-state index in [1.54, 1.807) is 37.5 Å². The van der Waals surface area contributed by atoms with Gasteiger partial charge in [-0.15, -0.1) is 0 Å². The van der Waals surface area contributed by atoms with Gasteiger partial charge in [0.2, 0.25) is 15.9 Å². The van der Waals surface area contributed by atoms with Crippen molar-refractivity contribution in [1.82, 2.24) is 14.8 Å². The minimum Gasteiger partial charge on any atom is -0.467 e. The number of piperidine rings is 1. The van der Waals surface area contributed by atoms with Crippen LogP contribution < -0.4 is 5.32 Å². The van der Waals surface area contributed by atoms with Gasteiger partial charge in [-0.3, -0.25) is 4.79 Å². The number of benzene rings is 1. The number of sulfonamides is 1. The SMILES string of the molecule is Cc1ccc(/C=C/c2onc(C)c2S(=O)(=O)N2CCC[C@@H](C(=O)NCc3ccco3)C2)cc1. The molecule has 1 amide bonds. The number of carbonyl (C=O) groups excluding carboxylic acids is 1. The van der Waals surface area contributed by atoms with Crippen LogP contribution in [0.2, 0.25) is 0 Å². The van der Waals surface area contributed by atoms with Gasteiger partial charge >= 0.3 is 0 Å². The number of carbonyl (C=O) groups is 1. The molecule has 3 heterocycles. The van der Waals surface area contributed by atoms with Crippen LogP contribution in [0.1, 0.15) is 41.2 Å². The van der Waals surface area contributed by atoms with E-state index in [-0.39, 0.29) is 29.7 Å². The van der Waals surface area contributed by atoms with Crippen molar-refractivity contribution < 1.29 is 22.2 Å². The summed E-state index contributed by atoms with van der Waals surface area (Å²) in [6.45, 7) is 4.33. The largest absolute Gasteiger partial charge is 0.467 e. The van der Waals surface area contributed by atoms with Crippen molar-refractivity contribution in [2.45, 2.75) is 38.1 Å². The Morgan fingerprint density at radius 2 is 2.00 bits per heavy atom. The molecule has 33 heavy (non-hydrogen) atoms. The molecular formula is C24H27N3O5S. The second-order valence-corrected chi connectivity index (χ2v) is 10.1. The number of nitrogens with zero attached hydrogens (tertiary/aromatic N) is 2. The Bertz CT molecular complexity index is 1230. The van der Waals surface area contributed by atoms with Crippen molar-refractivity contribution in [3.63, 3.8) is 0 Å². The van der Waals surface area contributed by atoms with Gasteiger partial charge in [0.15, 0.2) is 10.7 Å². The molecule has 0 aliphatic carbocycles. The molecule has 0 saturated carbocycles. The lowest BCUT2D eigenvalue weighted by Gasteiger charge is -2.31. The molecule has 0 radical (unpaired) electrons. The van der Waals surface area contributed by atoms with E-state index in [2.05, 4.69) is 10.5 Å². The summed E-state index contributed by atoms with van der Waals surface area (Å²) in [4.78, 5) is 12.7. The van der Waals surface area contributed by atoms with E-state index < -0.39 is 15.9 Å². The fourth-order valence-electron chi connectivity index (χ4n) is 3.88. The van der Waals surface area contributed by atoms with Crippen molar-refractivity contribution in [1.29, 1.82) is 0 Å². The predicted octanol–water partition coefficient (Wildman–Crippen LogP) is 3.77. The minimum atomic E-state index is -3.89. The van der Waals surface area contributed by atoms with Crippen LogP contribution in [0.5, 0.6) is 0 Å². The van der Waals surface area contributed by atoms with E-state index in [0.29, 0.717) is 30.8 Å². The van der Waals surface area contributed by atoms with E-state index in [1.165, 1.54) is 4.31 Å². The number of furan rings is 1. The van der Waals surface area contributed by atoms with Crippen LogP contribution in [0.3, 0.4) is 0 Å². The highest BCUT2D eigenvalue weighted by Gasteiger charge is 2.36. The van der Waals surface area contributed by atoms with Gasteiger partial charge < -0.3 is 14.3 Å². The topological polar surface area (TPSA) is 106 Å². The maximum Gasteiger partial charge on any atom is 0.248 e. The summed E-state index contributed by atoms with van der Waals surface area (Å²) in [6.07, 6.45) is 6.17. The summed E-state index contributed by atoms with van der Waals surface area (Å²) in [5.74, 6) is 0.203. The van der Waals surface area contributed by atoms with Gasteiger partial charge in [-0.25, -0.2) is 8.42 Å². The molecule has 1 N–H and O–H groups in total. The highest BCUT2D eigenvalue weighted by molar-refractivity contribution is 7.89. The second-order valence-electron chi connectivity index (χ2n) is 8.20. The first-order valence-corrected chi connectivity index (χ1v) is 12.3. The average Bonchev–Trinajstić information content (AvgIpc) is 3.47. The summed E-state index contributed by atoms with van der Waals surface area (Å²) in [6, 6.07) is 11.4. The minimum absolute atomic E-state index is 0.0440. The number of rotatable bonds is 7. The van der Waals surface area contributed by atoms with Gasteiger partial charge in [0.1, 0.15) is 11.5 Å². The molecular weight excluding hydrogens is 442 g/mol. The van der Waals surface area contributed by atoms with Gasteiger partial charge in [-0.05, 0) is 50.5 Å². The summed E-state index contributed by atoms with van der Waals surface area (Å²) in [5, 5.41) is 6.72. The van der Waals surface area contributed by atoms with Gasteiger partial charge in [0.05, 0.1) is 18.7 Å². The number of aryl methyl sites for hydroxylation is 2. The molecule has 1 aromatic carbocycles. The van der Waals surface area contributed by atoms with Gasteiger partial charge in [0, 0.05) is 13.1 Å². The van der Waals surface area contributed by atoms with Gasteiger partial charge in [0.25, 0.3) is 0 Å². The Kier molecular flexibility index (Phi) is 6.80. The van der Waals surface area contributed by atoms with Crippen LogP contribution in [0, 0.1) is 19.8 Å². The monoisotopic (exact) mass is 469 g/mol. The normalized spacial score (nSPS) is 17.5. The van der Waals surface area contributed by atoms with Crippen molar-refractivity contribution in [2.75, 3.05) is 13.1 Å². The quantitative estimate of drug-likeness (QED) is 0.565. The molecule has 3 aromatic rings. The lowest BCUT2D eigenvalue weighted by atomic mass is 9.99. The lowest BCUT2D eigenvalue weighted by Crippen LogP contribution is -2.45. The maximum absolute atomic E-state index is 13.5. The fraction of sp³-hybridized carbons (Fsp3) is 0.333. The molecule has 0 spiro atoms. The standard InChI is InChI=1S/C24H27N3O5S/c1-17-7-9-19(10-8-17)11-12-22-23(18(2)26-32-22)33(29,30)27-13-3-5-20(16-27)24(28)25-15-21-6-4-14-31-21/h4,6-12,14,20H,3,5,13,15-16H2,1-2H3,(H,25,28)/b12-11+/t20-/m1/s1. The first-order valence-electron chi connectivity index (χ1n) is 10.9. The van der Waals surface area contributed by atoms with Crippen molar-refractivity contribution >= 4 is 28.1 Å². The number of amides is 1. The zero-order chi connectivity index (χ0) is 23.4. The highest BCUT2D eigenvalue weighted by Crippen LogP contribution is 2.29. The molecule has 0 bridgehead atoms. The van der Waals surface area contributed by atoms with E-state index in [1.807, 2.05) is 31.2 Å². The van der Waals surface area contributed by atoms with Crippen LogP contribution in [0.15, 0.2) is 56.5 Å². The third kappa shape index (κ3) is 5.26. The fourth-order valence-corrected chi connectivity index (χ4v) is 5.66. The lowest BCUT2D eigenvalue weighted by molar-refractivity contribution is -0.126. The molecule has 0 unspecified atom stereocenters. The smallest absolute Gasteiger partial charge is 0.248 e. The molecule has 9 heteroatoms. The van der Waals surface area contributed by atoms with E-state index in [0.717, 1.165) is 11.1 Å². The zero-order valence-corrected chi connectivity index (χ0v) is 19.5. The van der Waals surface area contributed by atoms with E-state index >= 15 is 0 Å².